The SMILES string of the molecule is CC(C)c1ccccc1N(C(=O)[C@H](NC(=O)c1c(F)cccc1F)C(C)C)C1=NCCCS1. The van der Waals surface area contributed by atoms with Gasteiger partial charge in [0.2, 0.25) is 0 Å². The number of amidine groups is 1. The lowest BCUT2D eigenvalue weighted by molar-refractivity contribution is -0.120. The third kappa shape index (κ3) is 5.61. The van der Waals surface area contributed by atoms with Crippen LogP contribution in [0.5, 0.6) is 0 Å². The van der Waals surface area contributed by atoms with Crippen molar-refractivity contribution in [2.24, 2.45) is 10.9 Å². The van der Waals surface area contributed by atoms with Crippen molar-refractivity contribution in [2.75, 3.05) is 17.2 Å². The molecule has 1 atom stereocenters. The van der Waals surface area contributed by atoms with E-state index in [0.29, 0.717) is 17.4 Å². The van der Waals surface area contributed by atoms with Gasteiger partial charge >= 0.3 is 0 Å². The van der Waals surface area contributed by atoms with Gasteiger partial charge in [-0.15, -0.1) is 0 Å². The summed E-state index contributed by atoms with van der Waals surface area (Å²) in [5.74, 6) is -2.67. The molecule has 1 aliphatic heterocycles. The highest BCUT2D eigenvalue weighted by molar-refractivity contribution is 8.14. The van der Waals surface area contributed by atoms with E-state index in [1.165, 1.54) is 17.8 Å². The molecule has 1 aliphatic rings. The summed E-state index contributed by atoms with van der Waals surface area (Å²) in [6.07, 6.45) is 0.916. The lowest BCUT2D eigenvalue weighted by atomic mass is 9.98. The molecule has 176 valence electrons. The summed E-state index contributed by atoms with van der Waals surface area (Å²) in [6, 6.07) is 9.81. The molecule has 1 N–H and O–H groups in total. The lowest BCUT2D eigenvalue weighted by Crippen LogP contribution is -2.53. The number of carbonyl (C=O) groups excluding carboxylic acids is 2. The van der Waals surface area contributed by atoms with Gasteiger partial charge in [0.25, 0.3) is 11.8 Å². The van der Waals surface area contributed by atoms with Crippen molar-refractivity contribution >= 4 is 34.4 Å². The molecule has 33 heavy (non-hydrogen) atoms. The number of anilines is 1. The number of amides is 2. The Morgan fingerprint density at radius 3 is 2.27 bits per heavy atom. The van der Waals surface area contributed by atoms with Crippen LogP contribution in [0.15, 0.2) is 47.5 Å². The van der Waals surface area contributed by atoms with E-state index in [4.69, 9.17) is 0 Å². The first-order chi connectivity index (χ1) is 15.7. The van der Waals surface area contributed by atoms with Crippen molar-refractivity contribution in [3.63, 3.8) is 0 Å². The molecule has 2 aromatic rings. The number of aliphatic imine (C=N–C) groups is 1. The molecule has 2 aromatic carbocycles. The summed E-state index contributed by atoms with van der Waals surface area (Å²) < 4.78 is 28.4. The third-order valence-electron chi connectivity index (χ3n) is 5.40. The molecule has 0 aromatic heterocycles. The zero-order valence-electron chi connectivity index (χ0n) is 19.3. The van der Waals surface area contributed by atoms with Gasteiger partial charge in [0.15, 0.2) is 5.17 Å². The standard InChI is InChI=1S/C25H29F2N3O2S/c1-15(2)17-9-5-6-12-20(17)30(25-28-13-8-14-33-25)24(32)22(16(3)4)29-23(31)21-18(26)10-7-11-19(21)27/h5-7,9-12,15-16,22H,8,13-14H2,1-4H3,(H,29,31)/t22-/m1/s1. The molecule has 0 unspecified atom stereocenters. The molecule has 0 saturated carbocycles. The van der Waals surface area contributed by atoms with Crippen LogP contribution in [0, 0.1) is 17.6 Å². The van der Waals surface area contributed by atoms with Crippen LogP contribution in [0.1, 0.15) is 56.0 Å². The highest BCUT2D eigenvalue weighted by Crippen LogP contribution is 2.32. The van der Waals surface area contributed by atoms with Gasteiger partial charge in [0, 0.05) is 12.3 Å². The minimum Gasteiger partial charge on any atom is -0.340 e. The first-order valence-corrected chi connectivity index (χ1v) is 12.1. The Bertz CT molecular complexity index is 1040. The second kappa shape index (κ2) is 10.9. The van der Waals surface area contributed by atoms with Crippen LogP contribution in [0.2, 0.25) is 0 Å². The smallest absolute Gasteiger partial charge is 0.257 e. The molecular formula is C25H29F2N3O2S. The molecule has 1 heterocycles. The number of carbonyl (C=O) groups is 2. The van der Waals surface area contributed by atoms with Crippen molar-refractivity contribution in [3.8, 4) is 0 Å². The quantitative estimate of drug-likeness (QED) is 0.614. The molecule has 0 saturated heterocycles. The molecule has 2 amide bonds. The summed E-state index contributed by atoms with van der Waals surface area (Å²) in [4.78, 5) is 32.9. The number of hydrogen-bond donors (Lipinski definition) is 1. The summed E-state index contributed by atoms with van der Waals surface area (Å²) in [5, 5.41) is 3.14. The van der Waals surface area contributed by atoms with Crippen molar-refractivity contribution in [3.05, 3.63) is 65.2 Å². The Kier molecular flexibility index (Phi) is 8.24. The van der Waals surface area contributed by atoms with Gasteiger partial charge in [-0.3, -0.25) is 19.5 Å². The zero-order chi connectivity index (χ0) is 24.1. The first kappa shape index (κ1) is 24.9. The normalized spacial score (nSPS) is 14.7. The van der Waals surface area contributed by atoms with Gasteiger partial charge in [-0.1, -0.05) is 63.7 Å². The minimum atomic E-state index is -1.01. The molecular weight excluding hydrogens is 444 g/mol. The molecule has 0 spiro atoms. The van der Waals surface area contributed by atoms with Crippen molar-refractivity contribution in [1.82, 2.24) is 5.32 Å². The van der Waals surface area contributed by atoms with Gasteiger partial charge < -0.3 is 5.32 Å². The molecule has 0 bridgehead atoms. The number of para-hydroxylation sites is 1. The molecule has 0 radical (unpaired) electrons. The Hall–Kier alpha value is -2.74. The number of halogens is 2. The van der Waals surface area contributed by atoms with Crippen LogP contribution in [0.25, 0.3) is 0 Å². The van der Waals surface area contributed by atoms with Gasteiger partial charge in [-0.2, -0.15) is 0 Å². The fraction of sp³-hybridized carbons (Fsp3) is 0.400. The second-order valence-electron chi connectivity index (χ2n) is 8.55. The Morgan fingerprint density at radius 1 is 1.03 bits per heavy atom. The maximum Gasteiger partial charge on any atom is 0.257 e. The number of hydrogen-bond acceptors (Lipinski definition) is 4. The van der Waals surface area contributed by atoms with Crippen LogP contribution in [0.3, 0.4) is 0 Å². The summed E-state index contributed by atoms with van der Waals surface area (Å²) in [7, 11) is 0. The number of nitrogens with one attached hydrogen (secondary N) is 1. The van der Waals surface area contributed by atoms with Crippen molar-refractivity contribution < 1.29 is 18.4 Å². The van der Waals surface area contributed by atoms with E-state index >= 15 is 0 Å². The number of thioether (sulfide) groups is 1. The Morgan fingerprint density at radius 2 is 1.70 bits per heavy atom. The van der Waals surface area contributed by atoms with Crippen LogP contribution in [0.4, 0.5) is 14.5 Å². The van der Waals surface area contributed by atoms with E-state index in [2.05, 4.69) is 10.3 Å². The lowest BCUT2D eigenvalue weighted by Gasteiger charge is -2.33. The average Bonchev–Trinajstić information content (AvgIpc) is 2.78. The molecule has 5 nitrogen and oxygen atoms in total. The van der Waals surface area contributed by atoms with Crippen LogP contribution in [-0.2, 0) is 4.79 Å². The first-order valence-electron chi connectivity index (χ1n) is 11.1. The molecule has 0 fully saturated rings. The van der Waals surface area contributed by atoms with Gasteiger partial charge in [0.05, 0.1) is 5.69 Å². The van der Waals surface area contributed by atoms with Gasteiger partial charge in [0.1, 0.15) is 23.2 Å². The summed E-state index contributed by atoms with van der Waals surface area (Å²) in [5.41, 5.74) is 0.964. The maximum atomic E-state index is 14.2. The van der Waals surface area contributed by atoms with Gasteiger partial charge in [-0.25, -0.2) is 8.78 Å². The predicted octanol–water partition coefficient (Wildman–Crippen LogP) is 5.37. The van der Waals surface area contributed by atoms with E-state index in [1.54, 1.807) is 18.7 Å². The maximum absolute atomic E-state index is 14.2. The third-order valence-corrected chi connectivity index (χ3v) is 6.46. The van der Waals surface area contributed by atoms with E-state index in [0.717, 1.165) is 29.9 Å². The fourth-order valence-corrected chi connectivity index (χ4v) is 4.62. The second-order valence-corrected chi connectivity index (χ2v) is 9.61. The summed E-state index contributed by atoms with van der Waals surface area (Å²) in [6.45, 7) is 8.25. The van der Waals surface area contributed by atoms with Crippen molar-refractivity contribution in [2.45, 2.75) is 46.1 Å². The predicted molar refractivity (Wildman–Crippen MR) is 130 cm³/mol. The van der Waals surface area contributed by atoms with E-state index in [-0.39, 0.29) is 11.8 Å². The summed E-state index contributed by atoms with van der Waals surface area (Å²) >= 11 is 1.49. The van der Waals surface area contributed by atoms with Crippen LogP contribution >= 0.6 is 11.8 Å². The highest BCUT2D eigenvalue weighted by Gasteiger charge is 2.35. The number of rotatable bonds is 6. The molecule has 3 rings (SSSR count). The topological polar surface area (TPSA) is 61.8 Å². The van der Waals surface area contributed by atoms with Crippen LogP contribution < -0.4 is 10.2 Å². The van der Waals surface area contributed by atoms with E-state index in [1.807, 2.05) is 38.1 Å². The highest BCUT2D eigenvalue weighted by atomic mass is 32.2. The Labute approximate surface area is 197 Å². The van der Waals surface area contributed by atoms with E-state index < -0.39 is 35.1 Å². The zero-order valence-corrected chi connectivity index (χ0v) is 20.1. The molecule has 0 aliphatic carbocycles. The Balaban J connectivity index is 2.03. The number of nitrogens with zero attached hydrogens (tertiary/aromatic N) is 2. The average molecular weight is 474 g/mol. The largest absolute Gasteiger partial charge is 0.340 e. The monoisotopic (exact) mass is 473 g/mol. The van der Waals surface area contributed by atoms with Crippen molar-refractivity contribution in [1.29, 1.82) is 0 Å². The molecule has 8 heteroatoms. The minimum absolute atomic E-state index is 0.144. The number of benzene rings is 2. The van der Waals surface area contributed by atoms with Gasteiger partial charge in [-0.05, 0) is 42.0 Å². The fourth-order valence-electron chi connectivity index (χ4n) is 3.66. The van der Waals surface area contributed by atoms with E-state index in [9.17, 15) is 18.4 Å². The van der Waals surface area contributed by atoms with Crippen LogP contribution in [-0.4, -0.2) is 35.3 Å².